The number of sulfonamides is 1. The summed E-state index contributed by atoms with van der Waals surface area (Å²) in [5, 5.41) is 2.45. The molecule has 232 valence electrons. The largest absolute Gasteiger partial charge is 0.497 e. The number of hydrogen-bond acceptors (Lipinski definition) is 5. The molecule has 0 fully saturated rings. The van der Waals surface area contributed by atoms with E-state index < -0.39 is 51.9 Å². The maximum Gasteiger partial charge on any atom is 0.416 e. The summed E-state index contributed by atoms with van der Waals surface area (Å²) in [6.45, 7) is 4.55. The van der Waals surface area contributed by atoms with Crippen LogP contribution in [0.4, 0.5) is 18.9 Å². The van der Waals surface area contributed by atoms with Crippen molar-refractivity contribution in [2.24, 2.45) is 5.92 Å². The molecule has 43 heavy (non-hydrogen) atoms. The lowest BCUT2D eigenvalue weighted by molar-refractivity contribution is -0.139. The molecule has 13 heteroatoms. The van der Waals surface area contributed by atoms with Crippen LogP contribution in [0.3, 0.4) is 0 Å². The van der Waals surface area contributed by atoms with Gasteiger partial charge in [-0.15, -0.1) is 0 Å². The average Bonchev–Trinajstić information content (AvgIpc) is 2.97. The standard InChI is InChI=1S/C30H33ClF3N3O5S/c1-20(2)17-35-29(39)21(3)36(18-22-9-8-10-24(15-22)42-4)28(38)19-37(43(40,41)25-11-6-5-7-12-25)27-16-23(30(32,33)34)13-14-26(27)31/h5-16,20-21H,17-19H2,1-4H3,(H,35,39). The van der Waals surface area contributed by atoms with Gasteiger partial charge in [0.05, 0.1) is 28.3 Å². The minimum absolute atomic E-state index is 0.119. The quantitative estimate of drug-likeness (QED) is 0.272. The fraction of sp³-hybridized carbons (Fsp3) is 0.333. The third-order valence-corrected chi connectivity index (χ3v) is 8.58. The number of ether oxygens (including phenoxy) is 1. The molecule has 8 nitrogen and oxygen atoms in total. The zero-order chi connectivity index (χ0) is 31.9. The number of rotatable bonds is 12. The van der Waals surface area contributed by atoms with E-state index in [1.165, 1.54) is 43.2 Å². The Morgan fingerprint density at radius 3 is 2.26 bits per heavy atom. The molecule has 0 aliphatic carbocycles. The molecule has 0 bridgehead atoms. The van der Waals surface area contributed by atoms with E-state index in [0.717, 1.165) is 12.1 Å². The Kier molecular flexibility index (Phi) is 11.1. The van der Waals surface area contributed by atoms with Gasteiger partial charge in [-0.1, -0.05) is 55.8 Å². The molecule has 1 atom stereocenters. The van der Waals surface area contributed by atoms with Crippen LogP contribution in [0.15, 0.2) is 77.7 Å². The monoisotopic (exact) mass is 639 g/mol. The van der Waals surface area contributed by atoms with Crippen molar-refractivity contribution in [1.29, 1.82) is 0 Å². The molecule has 0 aromatic heterocycles. The van der Waals surface area contributed by atoms with Crippen molar-refractivity contribution in [3.05, 3.63) is 88.9 Å². The normalized spacial score (nSPS) is 12.5. The lowest BCUT2D eigenvalue weighted by atomic mass is 10.1. The minimum atomic E-state index is -4.81. The Morgan fingerprint density at radius 2 is 1.65 bits per heavy atom. The van der Waals surface area contributed by atoms with Crippen molar-refractivity contribution in [3.8, 4) is 5.75 Å². The highest BCUT2D eigenvalue weighted by Crippen LogP contribution is 2.37. The molecule has 0 aliphatic heterocycles. The van der Waals surface area contributed by atoms with Crippen LogP contribution in [0.2, 0.25) is 5.02 Å². The van der Waals surface area contributed by atoms with Gasteiger partial charge in [-0.25, -0.2) is 8.42 Å². The number of benzene rings is 3. The van der Waals surface area contributed by atoms with Gasteiger partial charge in [0.1, 0.15) is 18.3 Å². The van der Waals surface area contributed by atoms with Crippen LogP contribution in [0.5, 0.6) is 5.75 Å². The van der Waals surface area contributed by atoms with Crippen LogP contribution in [0, 0.1) is 5.92 Å². The first kappa shape index (κ1) is 33.7. The fourth-order valence-corrected chi connectivity index (χ4v) is 5.83. The lowest BCUT2D eigenvalue weighted by Gasteiger charge is -2.32. The Labute approximate surface area is 254 Å². The fourth-order valence-electron chi connectivity index (χ4n) is 4.12. The Morgan fingerprint density at radius 1 is 0.977 bits per heavy atom. The number of nitrogens with zero attached hydrogens (tertiary/aromatic N) is 2. The van der Waals surface area contributed by atoms with Crippen LogP contribution < -0.4 is 14.4 Å². The van der Waals surface area contributed by atoms with E-state index >= 15 is 0 Å². The van der Waals surface area contributed by atoms with E-state index in [4.69, 9.17) is 16.3 Å². The summed E-state index contributed by atoms with van der Waals surface area (Å²) in [6, 6.07) is 14.8. The van der Waals surface area contributed by atoms with Gasteiger partial charge >= 0.3 is 6.18 Å². The molecule has 0 saturated carbocycles. The molecular weight excluding hydrogens is 607 g/mol. The van der Waals surface area contributed by atoms with Crippen molar-refractivity contribution in [1.82, 2.24) is 10.2 Å². The Bertz CT molecular complexity index is 1540. The maximum atomic E-state index is 14.0. The van der Waals surface area contributed by atoms with Gasteiger partial charge in [-0.05, 0) is 60.9 Å². The Balaban J connectivity index is 2.11. The van der Waals surface area contributed by atoms with Crippen LogP contribution in [0.1, 0.15) is 31.9 Å². The lowest BCUT2D eigenvalue weighted by Crippen LogP contribution is -2.51. The summed E-state index contributed by atoms with van der Waals surface area (Å²) in [7, 11) is -3.14. The van der Waals surface area contributed by atoms with Gasteiger partial charge in [-0.3, -0.25) is 13.9 Å². The van der Waals surface area contributed by atoms with Gasteiger partial charge in [-0.2, -0.15) is 13.2 Å². The van der Waals surface area contributed by atoms with Crippen LogP contribution in [-0.2, 0) is 32.3 Å². The summed E-state index contributed by atoms with van der Waals surface area (Å²) in [5.41, 5.74) is -1.11. The first-order valence-corrected chi connectivity index (χ1v) is 15.1. The van der Waals surface area contributed by atoms with Gasteiger partial charge < -0.3 is 15.0 Å². The molecular formula is C30H33ClF3N3O5S. The molecule has 0 heterocycles. The molecule has 0 saturated heterocycles. The number of carbonyl (C=O) groups is 2. The van der Waals surface area contributed by atoms with Crippen molar-refractivity contribution in [3.63, 3.8) is 0 Å². The second-order valence-corrected chi connectivity index (χ2v) is 12.4. The van der Waals surface area contributed by atoms with Gasteiger partial charge in [0, 0.05) is 13.1 Å². The summed E-state index contributed by atoms with van der Waals surface area (Å²) in [5.74, 6) is -0.721. The predicted molar refractivity (Wildman–Crippen MR) is 158 cm³/mol. The average molecular weight is 640 g/mol. The Hall–Kier alpha value is -3.77. The number of halogens is 4. The maximum absolute atomic E-state index is 14.0. The molecule has 3 aromatic carbocycles. The topological polar surface area (TPSA) is 96.0 Å². The van der Waals surface area contributed by atoms with Crippen molar-refractivity contribution in [2.45, 2.75) is 44.4 Å². The van der Waals surface area contributed by atoms with Crippen molar-refractivity contribution in [2.75, 3.05) is 24.5 Å². The SMILES string of the molecule is COc1cccc(CN(C(=O)CN(c2cc(C(F)(F)F)ccc2Cl)S(=O)(=O)c2ccccc2)C(C)C(=O)NCC(C)C)c1. The van der Waals surface area contributed by atoms with E-state index in [1.54, 1.807) is 30.3 Å². The van der Waals surface area contributed by atoms with Gasteiger partial charge in [0.25, 0.3) is 10.0 Å². The first-order chi connectivity index (χ1) is 20.1. The third-order valence-electron chi connectivity index (χ3n) is 6.49. The third kappa shape index (κ3) is 8.64. The number of methoxy groups -OCH3 is 1. The van der Waals surface area contributed by atoms with E-state index in [-0.39, 0.29) is 22.4 Å². The minimum Gasteiger partial charge on any atom is -0.497 e. The highest BCUT2D eigenvalue weighted by atomic mass is 35.5. The predicted octanol–water partition coefficient (Wildman–Crippen LogP) is 5.75. The van der Waals surface area contributed by atoms with E-state index in [2.05, 4.69) is 5.32 Å². The summed E-state index contributed by atoms with van der Waals surface area (Å²) < 4.78 is 74.5. The zero-order valence-corrected chi connectivity index (χ0v) is 25.6. The first-order valence-electron chi connectivity index (χ1n) is 13.3. The molecule has 3 aromatic rings. The highest BCUT2D eigenvalue weighted by Gasteiger charge is 2.36. The number of carbonyl (C=O) groups excluding carboxylic acids is 2. The van der Waals surface area contributed by atoms with Gasteiger partial charge in [0.2, 0.25) is 11.8 Å². The second kappa shape index (κ2) is 14.1. The van der Waals surface area contributed by atoms with E-state index in [9.17, 15) is 31.2 Å². The number of nitrogens with one attached hydrogen (secondary N) is 1. The zero-order valence-electron chi connectivity index (χ0n) is 24.1. The number of amides is 2. The molecule has 2 amide bonds. The molecule has 3 rings (SSSR count). The molecule has 1 N–H and O–H groups in total. The molecule has 1 unspecified atom stereocenters. The summed E-state index contributed by atoms with van der Waals surface area (Å²) >= 11 is 6.27. The van der Waals surface area contributed by atoms with E-state index in [0.29, 0.717) is 28.2 Å². The van der Waals surface area contributed by atoms with Crippen molar-refractivity contribution >= 4 is 39.1 Å². The number of hydrogen-bond donors (Lipinski definition) is 1. The molecule has 0 radical (unpaired) electrons. The molecule has 0 aliphatic rings. The smallest absolute Gasteiger partial charge is 0.416 e. The van der Waals surface area contributed by atoms with E-state index in [1.807, 2.05) is 13.8 Å². The van der Waals surface area contributed by atoms with Gasteiger partial charge in [0.15, 0.2) is 0 Å². The summed E-state index contributed by atoms with van der Waals surface area (Å²) in [6.07, 6.45) is -4.81. The van der Waals surface area contributed by atoms with Crippen LogP contribution >= 0.6 is 11.6 Å². The van der Waals surface area contributed by atoms with Crippen LogP contribution in [0.25, 0.3) is 0 Å². The summed E-state index contributed by atoms with van der Waals surface area (Å²) in [4.78, 5) is 28.0. The highest BCUT2D eigenvalue weighted by molar-refractivity contribution is 7.92. The number of anilines is 1. The van der Waals surface area contributed by atoms with Crippen molar-refractivity contribution < 1.29 is 35.9 Å². The van der Waals surface area contributed by atoms with Crippen LogP contribution in [-0.4, -0.2) is 51.4 Å². The molecule has 0 spiro atoms. The number of alkyl halides is 3. The second-order valence-electron chi connectivity index (χ2n) is 10.2.